The molecule has 23 heavy (non-hydrogen) atoms. The number of likely N-dealkylation sites (N-methyl/N-ethyl adjacent to an activating group) is 1. The van der Waals surface area contributed by atoms with Crippen molar-refractivity contribution < 1.29 is 23.4 Å². The number of hydrogen-bond acceptors (Lipinski definition) is 7. The van der Waals surface area contributed by atoms with Crippen LogP contribution in [0, 0.1) is 0 Å². The maximum atomic E-state index is 12.4. The lowest BCUT2D eigenvalue weighted by Gasteiger charge is -2.26. The van der Waals surface area contributed by atoms with Gasteiger partial charge < -0.3 is 15.5 Å². The van der Waals surface area contributed by atoms with Gasteiger partial charge >= 0.3 is 0 Å². The number of thiophene rings is 1. The molecule has 2 aromatic rings. The summed E-state index contributed by atoms with van der Waals surface area (Å²) in [6, 6.07) is 4.03. The number of carbonyl (C=O) groups excluding carboxylic acids is 1. The Morgan fingerprint density at radius 2 is 2.04 bits per heavy atom. The van der Waals surface area contributed by atoms with E-state index in [-0.39, 0.29) is 21.3 Å². The zero-order valence-electron chi connectivity index (χ0n) is 11.7. The molecule has 0 fully saturated rings. The van der Waals surface area contributed by atoms with E-state index < -0.39 is 27.4 Å². The summed E-state index contributed by atoms with van der Waals surface area (Å²) in [4.78, 5) is 16.2. The van der Waals surface area contributed by atoms with Crippen LogP contribution in [0.15, 0.2) is 40.4 Å². The van der Waals surface area contributed by atoms with E-state index in [1.807, 2.05) is 0 Å². The summed E-state index contributed by atoms with van der Waals surface area (Å²) in [6.45, 7) is 0. The average Bonchev–Trinajstić information content (AvgIpc) is 2.99. The number of rotatable bonds is 2. The topological polar surface area (TPSA) is 120 Å². The van der Waals surface area contributed by atoms with Gasteiger partial charge in [-0.15, -0.1) is 11.3 Å². The summed E-state index contributed by atoms with van der Waals surface area (Å²) < 4.78 is 25.5. The third-order valence-corrected chi connectivity index (χ3v) is 6.08. The molecular formula is C13H11N3O5S2. The Bertz CT molecular complexity index is 915. The van der Waals surface area contributed by atoms with Crippen molar-refractivity contribution in [1.82, 2.24) is 9.29 Å². The van der Waals surface area contributed by atoms with Crippen molar-refractivity contribution in [3.05, 3.63) is 40.4 Å². The lowest BCUT2D eigenvalue weighted by molar-refractivity contribution is -0.113. The number of carbonyl (C=O) groups is 1. The number of pyridine rings is 1. The van der Waals surface area contributed by atoms with Crippen LogP contribution in [-0.4, -0.2) is 40.9 Å². The van der Waals surface area contributed by atoms with Gasteiger partial charge in [0, 0.05) is 7.05 Å². The summed E-state index contributed by atoms with van der Waals surface area (Å²) in [7, 11) is -2.71. The third kappa shape index (κ3) is 2.41. The van der Waals surface area contributed by atoms with Crippen molar-refractivity contribution in [2.24, 2.45) is 0 Å². The second-order valence-electron chi connectivity index (χ2n) is 4.64. The molecule has 1 aliphatic heterocycles. The number of amides is 1. The SMILES string of the molecule is CN1C(C(=O)Nc2ccc(O)cn2)=C(O)c2sccc2S1(=O)=O. The van der Waals surface area contributed by atoms with Crippen molar-refractivity contribution >= 4 is 38.8 Å². The molecule has 0 aliphatic carbocycles. The molecule has 0 saturated heterocycles. The van der Waals surface area contributed by atoms with E-state index >= 15 is 0 Å². The first-order valence-electron chi connectivity index (χ1n) is 6.29. The molecule has 1 amide bonds. The molecule has 8 nitrogen and oxygen atoms in total. The summed E-state index contributed by atoms with van der Waals surface area (Å²) in [6.07, 6.45) is 1.13. The lowest BCUT2D eigenvalue weighted by Crippen LogP contribution is -2.36. The van der Waals surface area contributed by atoms with Gasteiger partial charge in [-0.2, -0.15) is 0 Å². The van der Waals surface area contributed by atoms with E-state index in [1.54, 1.807) is 0 Å². The normalized spacial score (nSPS) is 16.1. The molecule has 0 atom stereocenters. The minimum Gasteiger partial charge on any atom is -0.506 e. The Balaban J connectivity index is 2.02. The van der Waals surface area contributed by atoms with Crippen LogP contribution in [0.3, 0.4) is 0 Å². The highest BCUT2D eigenvalue weighted by molar-refractivity contribution is 7.89. The van der Waals surface area contributed by atoms with Crippen molar-refractivity contribution in [3.63, 3.8) is 0 Å². The van der Waals surface area contributed by atoms with Crippen LogP contribution in [0.4, 0.5) is 5.82 Å². The minimum absolute atomic E-state index is 0.0400. The Morgan fingerprint density at radius 1 is 1.30 bits per heavy atom. The van der Waals surface area contributed by atoms with Crippen molar-refractivity contribution in [1.29, 1.82) is 0 Å². The number of hydrogen-bond donors (Lipinski definition) is 3. The Labute approximate surface area is 135 Å². The number of sulfonamides is 1. The lowest BCUT2D eigenvalue weighted by atomic mass is 10.2. The van der Waals surface area contributed by atoms with Gasteiger partial charge in [0.1, 0.15) is 16.5 Å². The molecule has 120 valence electrons. The molecule has 3 heterocycles. The number of nitrogens with one attached hydrogen (secondary N) is 1. The van der Waals surface area contributed by atoms with Gasteiger partial charge in [0.25, 0.3) is 15.9 Å². The highest BCUT2D eigenvalue weighted by Gasteiger charge is 2.38. The fraction of sp³-hybridized carbons (Fsp3) is 0.0769. The molecule has 0 aromatic carbocycles. The van der Waals surface area contributed by atoms with E-state index in [0.29, 0.717) is 0 Å². The second-order valence-corrected chi connectivity index (χ2v) is 7.49. The van der Waals surface area contributed by atoms with Gasteiger partial charge in [-0.3, -0.25) is 9.10 Å². The predicted octanol–water partition coefficient (Wildman–Crippen LogP) is 1.35. The first-order valence-corrected chi connectivity index (χ1v) is 8.60. The van der Waals surface area contributed by atoms with Gasteiger partial charge in [-0.05, 0) is 23.6 Å². The van der Waals surface area contributed by atoms with Crippen molar-refractivity contribution in [3.8, 4) is 5.75 Å². The number of aliphatic hydroxyl groups is 1. The molecular weight excluding hydrogens is 342 g/mol. The largest absolute Gasteiger partial charge is 0.506 e. The third-order valence-electron chi connectivity index (χ3n) is 3.23. The summed E-state index contributed by atoms with van der Waals surface area (Å²) in [5.41, 5.74) is -0.394. The highest BCUT2D eigenvalue weighted by atomic mass is 32.2. The number of aromatic hydroxyl groups is 1. The van der Waals surface area contributed by atoms with Gasteiger partial charge in [0.2, 0.25) is 0 Å². The van der Waals surface area contributed by atoms with Crippen LogP contribution < -0.4 is 5.32 Å². The molecule has 1 aliphatic rings. The van der Waals surface area contributed by atoms with Crippen LogP contribution in [0.5, 0.6) is 5.75 Å². The van der Waals surface area contributed by atoms with E-state index in [0.717, 1.165) is 21.8 Å². The maximum Gasteiger partial charge on any atom is 0.278 e. The Hall–Kier alpha value is -2.59. The van der Waals surface area contributed by atoms with Crippen molar-refractivity contribution in [2.45, 2.75) is 4.90 Å². The molecule has 3 N–H and O–H groups in total. The standard InChI is InChI=1S/C13H11N3O5S2/c1-16-10(13(19)15-9-3-2-7(17)6-14-9)11(18)12-8(4-5-22-12)23(16,20)21/h2-6,17-18H,1H3,(H,14,15,19). The van der Waals surface area contributed by atoms with Gasteiger partial charge in [-0.1, -0.05) is 0 Å². The van der Waals surface area contributed by atoms with Crippen LogP contribution in [0.2, 0.25) is 0 Å². The van der Waals surface area contributed by atoms with Crippen LogP contribution in [-0.2, 0) is 14.8 Å². The minimum atomic E-state index is -3.90. The quantitative estimate of drug-likeness (QED) is 0.749. The second kappa shape index (κ2) is 5.25. The smallest absolute Gasteiger partial charge is 0.278 e. The average molecular weight is 353 g/mol. The number of nitrogens with zero attached hydrogens (tertiary/aromatic N) is 2. The van der Waals surface area contributed by atoms with Crippen molar-refractivity contribution in [2.75, 3.05) is 12.4 Å². The summed E-state index contributed by atoms with van der Waals surface area (Å²) in [5.74, 6) is -1.21. The Kier molecular flexibility index (Phi) is 3.49. The molecule has 0 radical (unpaired) electrons. The zero-order valence-corrected chi connectivity index (χ0v) is 13.3. The summed E-state index contributed by atoms with van der Waals surface area (Å²) >= 11 is 1.02. The molecule has 2 aromatic heterocycles. The number of fused-ring (bicyclic) bond motifs is 1. The monoisotopic (exact) mass is 353 g/mol. The molecule has 0 bridgehead atoms. The van der Waals surface area contributed by atoms with Crippen LogP contribution in [0.1, 0.15) is 4.88 Å². The van der Waals surface area contributed by atoms with Gasteiger partial charge in [0.15, 0.2) is 11.5 Å². The van der Waals surface area contributed by atoms with Crippen LogP contribution in [0.25, 0.3) is 5.76 Å². The van der Waals surface area contributed by atoms with Crippen LogP contribution >= 0.6 is 11.3 Å². The fourth-order valence-corrected chi connectivity index (χ4v) is 4.64. The first kappa shape index (κ1) is 15.3. The molecule has 3 rings (SSSR count). The maximum absolute atomic E-state index is 12.4. The molecule has 0 saturated carbocycles. The summed E-state index contributed by atoms with van der Waals surface area (Å²) in [5, 5.41) is 23.3. The highest BCUT2D eigenvalue weighted by Crippen LogP contribution is 2.38. The molecule has 10 heteroatoms. The van der Waals surface area contributed by atoms with E-state index in [2.05, 4.69) is 10.3 Å². The molecule has 0 unspecified atom stereocenters. The first-order chi connectivity index (χ1) is 10.8. The number of aliphatic hydroxyl groups excluding tert-OH is 1. The van der Waals surface area contributed by atoms with Gasteiger partial charge in [-0.25, -0.2) is 13.4 Å². The predicted molar refractivity (Wildman–Crippen MR) is 83.3 cm³/mol. The zero-order chi connectivity index (χ0) is 16.8. The Morgan fingerprint density at radius 3 is 2.70 bits per heavy atom. The van der Waals surface area contributed by atoms with Gasteiger partial charge in [0.05, 0.1) is 11.1 Å². The van der Waals surface area contributed by atoms with E-state index in [9.17, 15) is 18.3 Å². The fourth-order valence-electron chi connectivity index (χ4n) is 2.08. The molecule has 0 spiro atoms. The number of aromatic nitrogens is 1. The number of anilines is 1. The van der Waals surface area contributed by atoms with E-state index in [4.69, 9.17) is 5.11 Å². The van der Waals surface area contributed by atoms with E-state index in [1.165, 1.54) is 30.6 Å².